The minimum Gasteiger partial charge on any atom is -0.341 e. The Morgan fingerprint density at radius 2 is 1.96 bits per heavy atom. The molecule has 0 spiro atoms. The largest absolute Gasteiger partial charge is 0.341 e. The van der Waals surface area contributed by atoms with E-state index in [0.29, 0.717) is 11.5 Å². The molecule has 2 atom stereocenters. The summed E-state index contributed by atoms with van der Waals surface area (Å²) >= 11 is 0. The van der Waals surface area contributed by atoms with Crippen LogP contribution in [0.3, 0.4) is 0 Å². The van der Waals surface area contributed by atoms with Gasteiger partial charge < -0.3 is 15.2 Å². The van der Waals surface area contributed by atoms with Gasteiger partial charge in [0.2, 0.25) is 5.95 Å². The molecule has 0 aliphatic carbocycles. The summed E-state index contributed by atoms with van der Waals surface area (Å²) in [5.74, 6) is 1.53. The molecule has 2 heterocycles. The van der Waals surface area contributed by atoms with Gasteiger partial charge in [-0.15, -0.1) is 0 Å². The molecule has 132 valence electrons. The minimum absolute atomic E-state index is 0.173. The summed E-state index contributed by atoms with van der Waals surface area (Å²) in [6, 6.07) is 18.4. The lowest BCUT2D eigenvalue weighted by Gasteiger charge is -2.36. The summed E-state index contributed by atoms with van der Waals surface area (Å²) < 4.78 is 2.26. The molecule has 5 nitrogen and oxygen atoms in total. The molecule has 1 aliphatic heterocycles. The van der Waals surface area contributed by atoms with E-state index in [1.54, 1.807) is 0 Å². The van der Waals surface area contributed by atoms with Crippen LogP contribution in [0.4, 0.5) is 5.95 Å². The normalized spacial score (nSPS) is 20.3. The maximum Gasteiger partial charge on any atom is 0.206 e. The van der Waals surface area contributed by atoms with Crippen LogP contribution in [0, 0.1) is 17.2 Å². The van der Waals surface area contributed by atoms with Crippen LogP contribution in [-0.2, 0) is 6.54 Å². The van der Waals surface area contributed by atoms with Gasteiger partial charge in [0.1, 0.15) is 0 Å². The van der Waals surface area contributed by atoms with Crippen LogP contribution in [-0.4, -0.2) is 28.7 Å². The quantitative estimate of drug-likeness (QED) is 0.792. The van der Waals surface area contributed by atoms with Gasteiger partial charge in [-0.1, -0.05) is 31.2 Å². The van der Waals surface area contributed by atoms with Crippen LogP contribution in [0.5, 0.6) is 0 Å². The number of hydrogen-bond donors (Lipinski definition) is 1. The average molecular weight is 345 g/mol. The molecule has 0 unspecified atom stereocenters. The smallest absolute Gasteiger partial charge is 0.206 e. The number of imidazole rings is 1. The Morgan fingerprint density at radius 1 is 1.19 bits per heavy atom. The van der Waals surface area contributed by atoms with Gasteiger partial charge in [0.15, 0.2) is 0 Å². The van der Waals surface area contributed by atoms with Gasteiger partial charge >= 0.3 is 0 Å². The maximum absolute atomic E-state index is 9.00. The van der Waals surface area contributed by atoms with E-state index in [4.69, 9.17) is 16.0 Å². The van der Waals surface area contributed by atoms with Crippen molar-refractivity contribution in [2.24, 2.45) is 11.7 Å². The van der Waals surface area contributed by atoms with Crippen LogP contribution in [0.15, 0.2) is 48.5 Å². The van der Waals surface area contributed by atoms with Crippen LogP contribution < -0.4 is 10.6 Å². The van der Waals surface area contributed by atoms with E-state index in [2.05, 4.69) is 34.6 Å². The van der Waals surface area contributed by atoms with Crippen LogP contribution in [0.2, 0.25) is 0 Å². The molecule has 26 heavy (non-hydrogen) atoms. The lowest BCUT2D eigenvalue weighted by molar-refractivity contribution is 0.375. The molecule has 0 radical (unpaired) electrons. The van der Waals surface area contributed by atoms with Gasteiger partial charge in [0.05, 0.1) is 29.2 Å². The third-order valence-electron chi connectivity index (χ3n) is 5.36. The number of fused-ring (bicyclic) bond motifs is 1. The van der Waals surface area contributed by atoms with Crippen molar-refractivity contribution in [2.45, 2.75) is 25.9 Å². The number of rotatable bonds is 3. The summed E-state index contributed by atoms with van der Waals surface area (Å²) in [5, 5.41) is 9.00. The fraction of sp³-hybridized carbons (Fsp3) is 0.333. The minimum atomic E-state index is 0.173. The van der Waals surface area contributed by atoms with Gasteiger partial charge in [-0.05, 0) is 42.2 Å². The van der Waals surface area contributed by atoms with E-state index in [9.17, 15) is 0 Å². The lowest BCUT2D eigenvalue weighted by Crippen LogP contribution is -2.48. The molecule has 2 N–H and O–H groups in total. The molecule has 1 aliphatic rings. The van der Waals surface area contributed by atoms with Crippen molar-refractivity contribution in [3.05, 3.63) is 59.7 Å². The maximum atomic E-state index is 9.00. The third-order valence-corrected chi connectivity index (χ3v) is 5.36. The zero-order valence-corrected chi connectivity index (χ0v) is 15.0. The molecule has 0 bridgehead atoms. The molecule has 0 amide bonds. The van der Waals surface area contributed by atoms with E-state index in [1.807, 2.05) is 36.4 Å². The number of anilines is 1. The number of aromatic nitrogens is 2. The highest BCUT2D eigenvalue weighted by Crippen LogP contribution is 2.27. The van der Waals surface area contributed by atoms with E-state index >= 15 is 0 Å². The molecule has 1 aromatic heterocycles. The second kappa shape index (κ2) is 6.81. The number of para-hydroxylation sites is 2. The predicted molar refractivity (Wildman–Crippen MR) is 104 cm³/mol. The number of nitriles is 1. The number of nitrogens with two attached hydrogens (primary N) is 1. The Bertz CT molecular complexity index is 951. The third kappa shape index (κ3) is 3.04. The van der Waals surface area contributed by atoms with Crippen LogP contribution >= 0.6 is 0 Å². The van der Waals surface area contributed by atoms with Crippen molar-refractivity contribution < 1.29 is 0 Å². The SMILES string of the molecule is C[C@H]1CCN(c2nc3ccccc3n2Cc2ccc(C#N)cc2)C[C@H]1N. The van der Waals surface area contributed by atoms with Gasteiger partial charge in [0.25, 0.3) is 0 Å². The number of benzene rings is 2. The molecular formula is C21H23N5. The first kappa shape index (κ1) is 16.6. The second-order valence-corrected chi connectivity index (χ2v) is 7.17. The topological polar surface area (TPSA) is 70.9 Å². The summed E-state index contributed by atoms with van der Waals surface area (Å²) in [6.07, 6.45) is 1.08. The number of hydrogen-bond acceptors (Lipinski definition) is 4. The molecule has 0 saturated carbocycles. The Hall–Kier alpha value is -2.84. The molecule has 1 saturated heterocycles. The Morgan fingerprint density at radius 3 is 2.69 bits per heavy atom. The molecular weight excluding hydrogens is 322 g/mol. The van der Waals surface area contributed by atoms with E-state index in [0.717, 1.165) is 48.6 Å². The zero-order valence-electron chi connectivity index (χ0n) is 15.0. The molecule has 5 heteroatoms. The van der Waals surface area contributed by atoms with E-state index < -0.39 is 0 Å². The lowest BCUT2D eigenvalue weighted by atomic mass is 9.94. The van der Waals surface area contributed by atoms with Gasteiger partial charge in [-0.2, -0.15) is 5.26 Å². The number of nitrogens with zero attached hydrogens (tertiary/aromatic N) is 4. The van der Waals surface area contributed by atoms with Gasteiger partial charge in [-0.3, -0.25) is 0 Å². The van der Waals surface area contributed by atoms with E-state index in [-0.39, 0.29) is 6.04 Å². The molecule has 4 rings (SSSR count). The average Bonchev–Trinajstić information content (AvgIpc) is 3.03. The molecule has 1 fully saturated rings. The second-order valence-electron chi connectivity index (χ2n) is 7.17. The van der Waals surface area contributed by atoms with Gasteiger partial charge in [-0.25, -0.2) is 4.98 Å². The summed E-state index contributed by atoms with van der Waals surface area (Å²) in [6.45, 7) is 4.76. The zero-order chi connectivity index (χ0) is 18.1. The highest BCUT2D eigenvalue weighted by atomic mass is 15.3. The predicted octanol–water partition coefficient (Wildman–Crippen LogP) is 3.13. The fourth-order valence-electron chi connectivity index (χ4n) is 3.61. The first-order chi connectivity index (χ1) is 12.7. The first-order valence-electron chi connectivity index (χ1n) is 9.10. The van der Waals surface area contributed by atoms with Crippen molar-refractivity contribution >= 4 is 17.0 Å². The van der Waals surface area contributed by atoms with E-state index in [1.165, 1.54) is 0 Å². The fourth-order valence-corrected chi connectivity index (χ4v) is 3.61. The monoisotopic (exact) mass is 345 g/mol. The van der Waals surface area contributed by atoms with Crippen molar-refractivity contribution in [3.63, 3.8) is 0 Å². The summed E-state index contributed by atoms with van der Waals surface area (Å²) in [4.78, 5) is 7.22. The first-order valence-corrected chi connectivity index (χ1v) is 9.10. The Kier molecular flexibility index (Phi) is 4.36. The van der Waals surface area contributed by atoms with Crippen molar-refractivity contribution in [2.75, 3.05) is 18.0 Å². The highest BCUT2D eigenvalue weighted by Gasteiger charge is 2.26. The van der Waals surface area contributed by atoms with Gasteiger partial charge in [0, 0.05) is 19.1 Å². The Balaban J connectivity index is 1.73. The highest BCUT2D eigenvalue weighted by molar-refractivity contribution is 5.79. The van der Waals surface area contributed by atoms with Crippen LogP contribution in [0.1, 0.15) is 24.5 Å². The molecule has 3 aromatic rings. The molecule has 2 aromatic carbocycles. The van der Waals surface area contributed by atoms with Crippen molar-refractivity contribution in [1.82, 2.24) is 9.55 Å². The summed E-state index contributed by atoms with van der Waals surface area (Å²) in [5.41, 5.74) is 10.3. The Labute approximate surface area is 153 Å². The van der Waals surface area contributed by atoms with Crippen molar-refractivity contribution in [3.8, 4) is 6.07 Å². The summed E-state index contributed by atoms with van der Waals surface area (Å²) in [7, 11) is 0. The number of piperidine rings is 1. The standard InChI is InChI=1S/C21H23N5/c1-15-10-11-25(14-18(15)23)21-24-19-4-2-3-5-20(19)26(21)13-17-8-6-16(12-22)7-9-17/h2-9,15,18H,10-11,13-14,23H2,1H3/t15-,18+/m0/s1. The van der Waals surface area contributed by atoms with Crippen molar-refractivity contribution in [1.29, 1.82) is 5.26 Å². The van der Waals surface area contributed by atoms with Crippen LogP contribution in [0.25, 0.3) is 11.0 Å².